The number of nitrogens with zero attached hydrogens (tertiary/aromatic N) is 2. The average molecular weight is 189 g/mol. The zero-order valence-electron chi connectivity index (χ0n) is 6.40. The fourth-order valence-electron chi connectivity index (χ4n) is 1.31. The molecule has 2 heterocycles. The predicted octanol–water partition coefficient (Wildman–Crippen LogP) is 1.20. The highest BCUT2D eigenvalue weighted by Crippen LogP contribution is 2.28. The van der Waals surface area contributed by atoms with Crippen LogP contribution in [0.2, 0.25) is 5.15 Å². The van der Waals surface area contributed by atoms with Gasteiger partial charge in [0, 0.05) is 6.61 Å². The quantitative estimate of drug-likeness (QED) is 0.721. The van der Waals surface area contributed by atoms with Crippen molar-refractivity contribution in [1.29, 1.82) is 0 Å². The van der Waals surface area contributed by atoms with Gasteiger partial charge in [-0.1, -0.05) is 11.6 Å². The van der Waals surface area contributed by atoms with Crippen LogP contribution in [0.3, 0.4) is 0 Å². The molecule has 1 aliphatic heterocycles. The molecule has 1 aliphatic rings. The van der Waals surface area contributed by atoms with Gasteiger partial charge in [-0.05, 0) is 6.42 Å². The van der Waals surface area contributed by atoms with E-state index in [1.165, 1.54) is 6.20 Å². The van der Waals surface area contributed by atoms with Gasteiger partial charge in [-0.15, -0.1) is 0 Å². The Morgan fingerprint density at radius 3 is 3.08 bits per heavy atom. The maximum absolute atomic E-state index is 9.14. The first kappa shape index (κ1) is 7.89. The molecular weight excluding hydrogens is 180 g/mol. The molecule has 0 spiro atoms. The van der Waals surface area contributed by atoms with Gasteiger partial charge in [0.15, 0.2) is 10.9 Å². The van der Waals surface area contributed by atoms with Gasteiger partial charge in [-0.3, -0.25) is 0 Å². The van der Waals surface area contributed by atoms with Crippen molar-refractivity contribution in [2.24, 2.45) is 0 Å². The first-order chi connectivity index (χ1) is 5.79. The Bertz CT molecular complexity index is 281. The Balaban J connectivity index is 2.26. The van der Waals surface area contributed by atoms with Gasteiger partial charge in [0.1, 0.15) is 0 Å². The van der Waals surface area contributed by atoms with Crippen molar-refractivity contribution < 1.29 is 9.84 Å². The third-order valence-electron chi connectivity index (χ3n) is 1.97. The summed E-state index contributed by atoms with van der Waals surface area (Å²) in [5.74, 6) is 0.0311. The first-order valence-corrected chi connectivity index (χ1v) is 4.16. The Labute approximate surface area is 74.7 Å². The van der Waals surface area contributed by atoms with Crippen LogP contribution in [0.1, 0.15) is 12.5 Å². The first-order valence-electron chi connectivity index (χ1n) is 3.79. The van der Waals surface area contributed by atoms with Crippen LogP contribution < -0.4 is 0 Å². The summed E-state index contributed by atoms with van der Waals surface area (Å²) in [4.78, 5) is 0. The number of aromatic hydroxyl groups is 1. The molecule has 0 saturated carbocycles. The standard InChI is InChI=1S/C7H9ClN2O2/c8-7-6(11)3-9-10(7)5-1-2-12-4-5/h3,5,11H,1-2,4H2. The van der Waals surface area contributed by atoms with Gasteiger partial charge < -0.3 is 9.84 Å². The average Bonchev–Trinajstić information content (AvgIpc) is 2.64. The number of hydrogen-bond donors (Lipinski definition) is 1. The van der Waals surface area contributed by atoms with Crippen molar-refractivity contribution in [3.8, 4) is 5.75 Å². The molecule has 1 aromatic rings. The summed E-state index contributed by atoms with van der Waals surface area (Å²) in [6.07, 6.45) is 2.25. The van der Waals surface area contributed by atoms with E-state index in [1.54, 1.807) is 4.68 Å². The molecule has 0 aliphatic carbocycles. The molecule has 1 aromatic heterocycles. The molecule has 1 fully saturated rings. The molecule has 0 bridgehead atoms. The van der Waals surface area contributed by atoms with E-state index in [0.717, 1.165) is 13.0 Å². The summed E-state index contributed by atoms with van der Waals surface area (Å²) in [6.45, 7) is 1.36. The number of hydrogen-bond acceptors (Lipinski definition) is 3. The molecule has 1 saturated heterocycles. The van der Waals surface area contributed by atoms with Gasteiger partial charge in [-0.25, -0.2) is 4.68 Å². The minimum atomic E-state index is 0.0311. The lowest BCUT2D eigenvalue weighted by Gasteiger charge is -2.08. The van der Waals surface area contributed by atoms with Crippen molar-refractivity contribution in [3.05, 3.63) is 11.3 Å². The highest BCUT2D eigenvalue weighted by atomic mass is 35.5. The molecule has 5 heteroatoms. The minimum absolute atomic E-state index is 0.0311. The number of ether oxygens (including phenoxy) is 1. The Morgan fingerprint density at radius 2 is 2.58 bits per heavy atom. The number of rotatable bonds is 1. The van der Waals surface area contributed by atoms with Gasteiger partial charge in [-0.2, -0.15) is 5.10 Å². The highest BCUT2D eigenvalue weighted by Gasteiger charge is 2.21. The van der Waals surface area contributed by atoms with Gasteiger partial charge in [0.2, 0.25) is 0 Å². The maximum atomic E-state index is 9.14. The summed E-state index contributed by atoms with van der Waals surface area (Å²) in [5.41, 5.74) is 0. The zero-order valence-corrected chi connectivity index (χ0v) is 7.16. The lowest BCUT2D eigenvalue weighted by Crippen LogP contribution is -2.09. The molecule has 1 atom stereocenters. The van der Waals surface area contributed by atoms with Crippen LogP contribution in [0.25, 0.3) is 0 Å². The lowest BCUT2D eigenvalue weighted by molar-refractivity contribution is 0.184. The number of aromatic nitrogens is 2. The SMILES string of the molecule is Oc1cnn(C2CCOC2)c1Cl. The Morgan fingerprint density at radius 1 is 1.75 bits per heavy atom. The van der Waals surface area contributed by atoms with Crippen LogP contribution in [0.4, 0.5) is 0 Å². The van der Waals surface area contributed by atoms with E-state index in [1.807, 2.05) is 0 Å². The van der Waals surface area contributed by atoms with Crippen LogP contribution in [-0.2, 0) is 4.74 Å². The molecule has 2 rings (SSSR count). The summed E-state index contributed by atoms with van der Waals surface area (Å²) >= 11 is 5.78. The van der Waals surface area contributed by atoms with E-state index in [2.05, 4.69) is 5.10 Å². The van der Waals surface area contributed by atoms with Crippen LogP contribution in [0.15, 0.2) is 6.20 Å². The van der Waals surface area contributed by atoms with E-state index in [4.69, 9.17) is 21.4 Å². The van der Waals surface area contributed by atoms with Crippen LogP contribution in [0.5, 0.6) is 5.75 Å². The monoisotopic (exact) mass is 188 g/mol. The van der Waals surface area contributed by atoms with E-state index in [-0.39, 0.29) is 11.8 Å². The molecule has 0 radical (unpaired) electrons. The second-order valence-corrected chi connectivity index (χ2v) is 3.14. The van der Waals surface area contributed by atoms with E-state index >= 15 is 0 Å². The summed E-state index contributed by atoms with van der Waals surface area (Å²) in [7, 11) is 0. The van der Waals surface area contributed by atoms with Crippen molar-refractivity contribution in [2.45, 2.75) is 12.5 Å². The molecule has 0 amide bonds. The van der Waals surface area contributed by atoms with Gasteiger partial charge in [0.05, 0.1) is 18.8 Å². The third-order valence-corrected chi connectivity index (χ3v) is 2.34. The van der Waals surface area contributed by atoms with Gasteiger partial charge in [0.25, 0.3) is 0 Å². The normalized spacial score (nSPS) is 23.2. The summed E-state index contributed by atoms with van der Waals surface area (Å²) in [5, 5.41) is 13.4. The van der Waals surface area contributed by atoms with Crippen LogP contribution in [0, 0.1) is 0 Å². The van der Waals surface area contributed by atoms with Crippen molar-refractivity contribution in [1.82, 2.24) is 9.78 Å². The second kappa shape index (κ2) is 2.95. The maximum Gasteiger partial charge on any atom is 0.173 e. The Hall–Kier alpha value is -0.740. The van der Waals surface area contributed by atoms with Crippen molar-refractivity contribution in [2.75, 3.05) is 13.2 Å². The molecule has 66 valence electrons. The smallest absolute Gasteiger partial charge is 0.173 e. The molecule has 12 heavy (non-hydrogen) atoms. The molecule has 4 nitrogen and oxygen atoms in total. The second-order valence-electron chi connectivity index (χ2n) is 2.78. The van der Waals surface area contributed by atoms with E-state index in [9.17, 15) is 0 Å². The molecular formula is C7H9ClN2O2. The lowest BCUT2D eigenvalue weighted by atomic mass is 10.3. The minimum Gasteiger partial charge on any atom is -0.504 e. The largest absolute Gasteiger partial charge is 0.504 e. The van der Waals surface area contributed by atoms with E-state index in [0.29, 0.717) is 11.8 Å². The summed E-state index contributed by atoms with van der Waals surface area (Å²) in [6, 6.07) is 0.179. The fraction of sp³-hybridized carbons (Fsp3) is 0.571. The highest BCUT2D eigenvalue weighted by molar-refractivity contribution is 6.30. The number of halogens is 1. The molecule has 1 unspecified atom stereocenters. The van der Waals surface area contributed by atoms with Crippen molar-refractivity contribution in [3.63, 3.8) is 0 Å². The third kappa shape index (κ3) is 1.17. The van der Waals surface area contributed by atoms with Crippen LogP contribution >= 0.6 is 11.6 Å². The van der Waals surface area contributed by atoms with Crippen LogP contribution in [-0.4, -0.2) is 28.1 Å². The zero-order chi connectivity index (χ0) is 8.55. The Kier molecular flexibility index (Phi) is 1.94. The summed E-state index contributed by atoms with van der Waals surface area (Å²) < 4.78 is 6.78. The molecule has 1 N–H and O–H groups in total. The van der Waals surface area contributed by atoms with E-state index < -0.39 is 0 Å². The van der Waals surface area contributed by atoms with Crippen molar-refractivity contribution >= 4 is 11.6 Å². The topological polar surface area (TPSA) is 47.3 Å². The molecule has 0 aromatic carbocycles. The fourth-order valence-corrected chi connectivity index (χ4v) is 1.54. The predicted molar refractivity (Wildman–Crippen MR) is 43.4 cm³/mol. The van der Waals surface area contributed by atoms with Gasteiger partial charge >= 0.3 is 0 Å².